The average Bonchev–Trinajstić information content (AvgIpc) is 2.22. The van der Waals surface area contributed by atoms with E-state index in [-0.39, 0.29) is 5.97 Å². The number of esters is 1. The molecule has 0 unspecified atom stereocenters. The summed E-state index contributed by atoms with van der Waals surface area (Å²) < 4.78 is 4.79. The second kappa shape index (κ2) is 6.15. The maximum Gasteiger partial charge on any atom is 0.332 e. The lowest BCUT2D eigenvalue weighted by Gasteiger charge is -2.09. The van der Waals surface area contributed by atoms with Gasteiger partial charge in [-0.05, 0) is 32.0 Å². The van der Waals surface area contributed by atoms with Crippen molar-refractivity contribution in [2.45, 2.75) is 13.8 Å². The Morgan fingerprint density at radius 1 is 1.59 bits per heavy atom. The van der Waals surface area contributed by atoms with Crippen molar-refractivity contribution in [3.8, 4) is 0 Å². The Hall–Kier alpha value is -1.68. The van der Waals surface area contributed by atoms with Crippen molar-refractivity contribution in [1.29, 1.82) is 0 Å². The zero-order chi connectivity index (χ0) is 12.8. The third kappa shape index (κ3) is 4.36. The summed E-state index contributed by atoms with van der Waals surface area (Å²) in [5.41, 5.74) is 7.64. The van der Waals surface area contributed by atoms with Crippen LogP contribution in [0.25, 0.3) is 0 Å². The maximum absolute atomic E-state index is 11.2. The maximum atomic E-state index is 11.2. The van der Waals surface area contributed by atoms with Crippen molar-refractivity contribution < 1.29 is 9.53 Å². The second-order valence-corrected chi connectivity index (χ2v) is 3.87. The molecule has 92 valence electrons. The molecular weight excluding hydrogens is 240 g/mol. The minimum Gasteiger partial charge on any atom is -0.463 e. The van der Waals surface area contributed by atoms with Gasteiger partial charge in [0, 0.05) is 16.8 Å². The van der Waals surface area contributed by atoms with Crippen LogP contribution >= 0.6 is 11.6 Å². The molecule has 0 aromatic heterocycles. The van der Waals surface area contributed by atoms with Crippen LogP contribution in [0.2, 0.25) is 5.02 Å². The molecule has 0 atom stereocenters. The number of carbonyl (C=O) groups is 1. The predicted molar refractivity (Wildman–Crippen MR) is 69.9 cm³/mol. The first-order valence-corrected chi connectivity index (χ1v) is 5.58. The Kier molecular flexibility index (Phi) is 4.84. The monoisotopic (exact) mass is 254 g/mol. The number of nitrogen functional groups attached to an aromatic ring is 1. The molecule has 0 aliphatic heterocycles. The highest BCUT2D eigenvalue weighted by Gasteiger charge is 2.02. The van der Waals surface area contributed by atoms with E-state index in [9.17, 15) is 4.79 Å². The van der Waals surface area contributed by atoms with E-state index in [4.69, 9.17) is 22.1 Å². The molecule has 0 saturated heterocycles. The summed E-state index contributed by atoms with van der Waals surface area (Å²) in [6, 6.07) is 5.11. The Morgan fingerprint density at radius 3 is 2.88 bits per heavy atom. The standard InChI is InChI=1S/C12H15ClN2O2/c1-3-17-12(16)6-8(2)15-11-5-4-9(13)7-10(11)14/h4-7,15H,3,14H2,1-2H3. The topological polar surface area (TPSA) is 64.3 Å². The van der Waals surface area contributed by atoms with E-state index in [0.29, 0.717) is 28.7 Å². The van der Waals surface area contributed by atoms with Crippen molar-refractivity contribution in [3.63, 3.8) is 0 Å². The molecular formula is C12H15ClN2O2. The smallest absolute Gasteiger partial charge is 0.332 e. The molecule has 0 heterocycles. The normalized spacial score (nSPS) is 11.1. The predicted octanol–water partition coefficient (Wildman–Crippen LogP) is 2.80. The number of carbonyl (C=O) groups excluding carboxylic acids is 1. The number of allylic oxidation sites excluding steroid dienone is 1. The fourth-order valence-electron chi connectivity index (χ4n) is 1.26. The minimum atomic E-state index is -0.384. The molecule has 0 radical (unpaired) electrons. The highest BCUT2D eigenvalue weighted by Crippen LogP contribution is 2.23. The van der Waals surface area contributed by atoms with Crippen molar-refractivity contribution in [2.75, 3.05) is 17.7 Å². The van der Waals surface area contributed by atoms with Crippen LogP contribution in [-0.2, 0) is 9.53 Å². The van der Waals surface area contributed by atoms with E-state index in [1.807, 2.05) is 0 Å². The zero-order valence-corrected chi connectivity index (χ0v) is 10.5. The van der Waals surface area contributed by atoms with Crippen molar-refractivity contribution >= 4 is 28.9 Å². The van der Waals surface area contributed by atoms with Gasteiger partial charge in [-0.25, -0.2) is 4.79 Å². The molecule has 0 spiro atoms. The summed E-state index contributed by atoms with van der Waals surface area (Å²) in [6.45, 7) is 3.86. The lowest BCUT2D eigenvalue weighted by atomic mass is 10.2. The van der Waals surface area contributed by atoms with Gasteiger partial charge in [0.1, 0.15) is 0 Å². The van der Waals surface area contributed by atoms with Crippen LogP contribution in [-0.4, -0.2) is 12.6 Å². The quantitative estimate of drug-likeness (QED) is 0.493. The Labute approximate surface area is 105 Å². The van der Waals surface area contributed by atoms with Crippen molar-refractivity contribution in [2.24, 2.45) is 0 Å². The van der Waals surface area contributed by atoms with Gasteiger partial charge in [0.25, 0.3) is 0 Å². The van der Waals surface area contributed by atoms with Crippen LogP contribution in [0.3, 0.4) is 0 Å². The average molecular weight is 255 g/mol. The minimum absolute atomic E-state index is 0.353. The molecule has 4 nitrogen and oxygen atoms in total. The highest BCUT2D eigenvalue weighted by atomic mass is 35.5. The number of hydrogen-bond acceptors (Lipinski definition) is 4. The Morgan fingerprint density at radius 2 is 2.29 bits per heavy atom. The number of nitrogens with two attached hydrogens (primary N) is 1. The third-order valence-corrected chi connectivity index (χ3v) is 2.20. The first-order chi connectivity index (χ1) is 8.02. The molecule has 0 aliphatic carbocycles. The third-order valence-electron chi connectivity index (χ3n) is 1.97. The van der Waals surface area contributed by atoms with Crippen LogP contribution in [0.5, 0.6) is 0 Å². The Balaban J connectivity index is 2.74. The van der Waals surface area contributed by atoms with Crippen molar-refractivity contribution in [1.82, 2.24) is 0 Å². The van der Waals surface area contributed by atoms with E-state index in [1.54, 1.807) is 32.0 Å². The van der Waals surface area contributed by atoms with Gasteiger partial charge < -0.3 is 15.8 Å². The molecule has 0 saturated carbocycles. The first kappa shape index (κ1) is 13.4. The van der Waals surface area contributed by atoms with E-state index >= 15 is 0 Å². The number of hydrogen-bond donors (Lipinski definition) is 2. The van der Waals surface area contributed by atoms with Gasteiger partial charge in [0.2, 0.25) is 0 Å². The summed E-state index contributed by atoms with van der Waals surface area (Å²) in [4.78, 5) is 11.2. The lowest BCUT2D eigenvalue weighted by Crippen LogP contribution is -2.05. The fraction of sp³-hybridized carbons (Fsp3) is 0.250. The largest absolute Gasteiger partial charge is 0.463 e. The van der Waals surface area contributed by atoms with Gasteiger partial charge >= 0.3 is 5.97 Å². The molecule has 1 aromatic carbocycles. The van der Waals surface area contributed by atoms with Crippen molar-refractivity contribution in [3.05, 3.63) is 35.0 Å². The molecule has 5 heteroatoms. The number of rotatable bonds is 4. The van der Waals surface area contributed by atoms with Gasteiger partial charge in [-0.1, -0.05) is 11.6 Å². The molecule has 17 heavy (non-hydrogen) atoms. The van der Waals surface area contributed by atoms with Crippen LogP contribution in [0.4, 0.5) is 11.4 Å². The summed E-state index contributed by atoms with van der Waals surface area (Å²) in [5.74, 6) is -0.384. The fourth-order valence-corrected chi connectivity index (χ4v) is 1.44. The van der Waals surface area contributed by atoms with Gasteiger partial charge in [0.05, 0.1) is 18.0 Å². The van der Waals surface area contributed by atoms with Gasteiger partial charge in [0.15, 0.2) is 0 Å². The van der Waals surface area contributed by atoms with Crippen LogP contribution in [0.15, 0.2) is 30.0 Å². The molecule has 1 rings (SSSR count). The number of nitrogens with one attached hydrogen (secondary N) is 1. The number of anilines is 2. The molecule has 0 aliphatic rings. The molecule has 0 bridgehead atoms. The summed E-state index contributed by atoms with van der Waals surface area (Å²) >= 11 is 5.78. The van der Waals surface area contributed by atoms with Crippen LogP contribution in [0, 0.1) is 0 Å². The summed E-state index contributed by atoms with van der Waals surface area (Å²) in [6.07, 6.45) is 1.37. The van der Waals surface area contributed by atoms with Crippen LogP contribution < -0.4 is 11.1 Å². The second-order valence-electron chi connectivity index (χ2n) is 3.44. The van der Waals surface area contributed by atoms with Gasteiger partial charge in [-0.2, -0.15) is 0 Å². The SMILES string of the molecule is CCOC(=O)C=C(C)Nc1ccc(Cl)cc1N. The number of benzene rings is 1. The number of ether oxygens (including phenoxy) is 1. The molecule has 0 amide bonds. The summed E-state index contributed by atoms with van der Waals surface area (Å²) in [7, 11) is 0. The van der Waals surface area contributed by atoms with Crippen LogP contribution in [0.1, 0.15) is 13.8 Å². The lowest BCUT2D eigenvalue weighted by molar-refractivity contribution is -0.137. The summed E-state index contributed by atoms with van der Waals surface area (Å²) in [5, 5.41) is 3.57. The zero-order valence-electron chi connectivity index (χ0n) is 9.79. The molecule has 3 N–H and O–H groups in total. The van der Waals surface area contributed by atoms with E-state index in [1.165, 1.54) is 6.08 Å². The van der Waals surface area contributed by atoms with Gasteiger partial charge in [-0.3, -0.25) is 0 Å². The van der Waals surface area contributed by atoms with E-state index < -0.39 is 0 Å². The highest BCUT2D eigenvalue weighted by molar-refractivity contribution is 6.31. The Bertz CT molecular complexity index is 444. The molecule has 1 aromatic rings. The first-order valence-electron chi connectivity index (χ1n) is 5.20. The van der Waals surface area contributed by atoms with E-state index in [0.717, 1.165) is 0 Å². The van der Waals surface area contributed by atoms with Gasteiger partial charge in [-0.15, -0.1) is 0 Å². The number of halogens is 1. The van der Waals surface area contributed by atoms with E-state index in [2.05, 4.69) is 5.32 Å². The molecule has 0 fully saturated rings.